The molecule has 1 aliphatic carbocycles. The van der Waals surface area contributed by atoms with Gasteiger partial charge in [-0.25, -0.2) is 0 Å². The van der Waals surface area contributed by atoms with E-state index in [4.69, 9.17) is 10.6 Å². The molecule has 1 heterocycles. The van der Waals surface area contributed by atoms with Crippen molar-refractivity contribution in [2.24, 2.45) is 0 Å². The first-order valence-corrected chi connectivity index (χ1v) is 4.16. The van der Waals surface area contributed by atoms with E-state index in [0.29, 0.717) is 15.9 Å². The molecule has 0 spiro atoms. The van der Waals surface area contributed by atoms with Crippen LogP contribution in [0.2, 0.25) is 0 Å². The van der Waals surface area contributed by atoms with Gasteiger partial charge in [0.05, 0.1) is 11.6 Å². The van der Waals surface area contributed by atoms with Crippen molar-refractivity contribution in [2.75, 3.05) is 12.4 Å². The van der Waals surface area contributed by atoms with E-state index in [1.807, 2.05) is 6.07 Å². The van der Waals surface area contributed by atoms with Crippen molar-refractivity contribution in [2.45, 2.75) is 0 Å². The van der Waals surface area contributed by atoms with Crippen LogP contribution < -0.4 is 10.7 Å². The number of nitrogens with zero attached hydrogens (tertiary/aromatic N) is 2. The van der Waals surface area contributed by atoms with Crippen LogP contribution >= 0.6 is 0 Å². The highest BCUT2D eigenvalue weighted by Crippen LogP contribution is 2.23. The molecule has 14 heavy (non-hydrogen) atoms. The fraction of sp³-hybridized carbons (Fsp3) is 0.111. The van der Waals surface area contributed by atoms with Crippen molar-refractivity contribution in [1.82, 2.24) is 9.94 Å². The van der Waals surface area contributed by atoms with E-state index >= 15 is 0 Å². The maximum Gasteiger partial charge on any atom is 0.121 e. The lowest BCUT2D eigenvalue weighted by Gasteiger charge is -2.10. The predicted octanol–water partition coefficient (Wildman–Crippen LogP) is 0.746. The maximum atomic E-state index is 9.12. The lowest BCUT2D eigenvalue weighted by Crippen LogP contribution is -2.13. The molecule has 0 saturated heterocycles. The van der Waals surface area contributed by atoms with E-state index < -0.39 is 0 Å². The van der Waals surface area contributed by atoms with Crippen LogP contribution in [0.25, 0.3) is 11.3 Å². The minimum absolute atomic E-state index is 0.294. The molecule has 0 radical (unpaired) electrons. The first kappa shape index (κ1) is 8.55. The van der Waals surface area contributed by atoms with Gasteiger partial charge < -0.3 is 10.5 Å². The molecule has 5 heteroatoms. The normalized spacial score (nSPS) is 10.4. The zero-order valence-electron chi connectivity index (χ0n) is 7.65. The molecular formula is C9H10N4O. The third kappa shape index (κ3) is 1.19. The number of aromatic nitrogens is 2. The third-order valence-electron chi connectivity index (χ3n) is 2.06. The quantitative estimate of drug-likeness (QED) is 0.581. The summed E-state index contributed by atoms with van der Waals surface area (Å²) in [6.07, 6.45) is 1.43. The average Bonchev–Trinajstić information content (AvgIpc) is 2.19. The van der Waals surface area contributed by atoms with Crippen molar-refractivity contribution >= 4 is 5.69 Å². The molecule has 1 aliphatic heterocycles. The number of anilines is 1. The van der Waals surface area contributed by atoms with Gasteiger partial charge in [-0.15, -0.1) is 9.94 Å². The molecule has 0 unspecified atom stereocenters. The van der Waals surface area contributed by atoms with E-state index in [-0.39, 0.29) is 0 Å². The Hall–Kier alpha value is -2.04. The average molecular weight is 190 g/mol. The van der Waals surface area contributed by atoms with Crippen LogP contribution in [0, 0.1) is 5.41 Å². The molecular weight excluding hydrogens is 180 g/mol. The number of hydrogen-bond acceptors (Lipinski definition) is 4. The fourth-order valence-electron chi connectivity index (χ4n) is 1.38. The van der Waals surface area contributed by atoms with Crippen LogP contribution in [0.15, 0.2) is 24.4 Å². The maximum absolute atomic E-state index is 9.12. The summed E-state index contributed by atoms with van der Waals surface area (Å²) in [6, 6.07) is 5.17. The van der Waals surface area contributed by atoms with E-state index in [1.165, 1.54) is 6.20 Å². The number of hydrogen-bond donors (Lipinski definition) is 3. The van der Waals surface area contributed by atoms with Crippen LogP contribution in [0.5, 0.6) is 0 Å². The highest BCUT2D eigenvalue weighted by atomic mass is 16.5. The van der Waals surface area contributed by atoms with Crippen molar-refractivity contribution in [1.29, 1.82) is 5.41 Å². The number of nitrogens with one attached hydrogen (secondary N) is 2. The SMILES string of the molecule is CNc1ccc(=N)c2nn(O)ccc1-2. The van der Waals surface area contributed by atoms with Gasteiger partial charge in [0.15, 0.2) is 0 Å². The first-order valence-electron chi connectivity index (χ1n) is 4.16. The Morgan fingerprint density at radius 1 is 1.43 bits per heavy atom. The molecule has 2 aliphatic rings. The highest BCUT2D eigenvalue weighted by Gasteiger charge is 2.09. The molecule has 0 aromatic carbocycles. The van der Waals surface area contributed by atoms with E-state index in [2.05, 4.69) is 10.4 Å². The summed E-state index contributed by atoms with van der Waals surface area (Å²) >= 11 is 0. The van der Waals surface area contributed by atoms with Crippen LogP contribution in [0.3, 0.4) is 0 Å². The lowest BCUT2D eigenvalue weighted by molar-refractivity contribution is 0.144. The van der Waals surface area contributed by atoms with Gasteiger partial charge in [-0.1, -0.05) is 0 Å². The molecule has 0 aromatic rings. The van der Waals surface area contributed by atoms with Gasteiger partial charge in [-0.05, 0) is 18.2 Å². The van der Waals surface area contributed by atoms with Crippen LogP contribution in [0.1, 0.15) is 0 Å². The second kappa shape index (κ2) is 3.02. The Bertz CT molecular complexity index is 491. The van der Waals surface area contributed by atoms with Crippen molar-refractivity contribution in [3.8, 4) is 11.3 Å². The second-order valence-corrected chi connectivity index (χ2v) is 2.91. The summed E-state index contributed by atoms with van der Waals surface area (Å²) in [7, 11) is 1.80. The molecule has 0 aromatic heterocycles. The summed E-state index contributed by atoms with van der Waals surface area (Å²) in [5.74, 6) is 0. The molecule has 72 valence electrons. The molecule has 0 amide bonds. The molecule has 0 bridgehead atoms. The third-order valence-corrected chi connectivity index (χ3v) is 2.06. The highest BCUT2D eigenvalue weighted by molar-refractivity contribution is 5.75. The first-order chi connectivity index (χ1) is 6.72. The molecule has 2 rings (SSSR count). The van der Waals surface area contributed by atoms with Gasteiger partial charge in [-0.3, -0.25) is 5.41 Å². The van der Waals surface area contributed by atoms with E-state index in [0.717, 1.165) is 11.3 Å². The van der Waals surface area contributed by atoms with Gasteiger partial charge in [0, 0.05) is 18.3 Å². The van der Waals surface area contributed by atoms with Crippen molar-refractivity contribution in [3.63, 3.8) is 0 Å². The predicted molar refractivity (Wildman–Crippen MR) is 51.4 cm³/mol. The summed E-state index contributed by atoms with van der Waals surface area (Å²) in [6.45, 7) is 0. The van der Waals surface area contributed by atoms with Crippen molar-refractivity contribution in [3.05, 3.63) is 29.8 Å². The largest absolute Gasteiger partial charge is 0.412 e. The van der Waals surface area contributed by atoms with Crippen LogP contribution in [-0.4, -0.2) is 22.2 Å². The van der Waals surface area contributed by atoms with Gasteiger partial charge in [-0.2, -0.15) is 0 Å². The minimum atomic E-state index is 0.294. The van der Waals surface area contributed by atoms with Gasteiger partial charge >= 0.3 is 0 Å². The molecule has 0 saturated carbocycles. The van der Waals surface area contributed by atoms with Crippen LogP contribution in [0.4, 0.5) is 5.69 Å². The Morgan fingerprint density at radius 3 is 2.93 bits per heavy atom. The number of rotatable bonds is 1. The Kier molecular flexibility index (Phi) is 1.85. The number of fused-ring (bicyclic) bond motifs is 1. The van der Waals surface area contributed by atoms with Crippen LogP contribution in [-0.2, 0) is 0 Å². The van der Waals surface area contributed by atoms with Gasteiger partial charge in [0.25, 0.3) is 0 Å². The summed E-state index contributed by atoms with van der Waals surface area (Å²) in [5, 5.41) is 23.9. The van der Waals surface area contributed by atoms with Crippen molar-refractivity contribution < 1.29 is 5.21 Å². The van der Waals surface area contributed by atoms with E-state index in [1.54, 1.807) is 19.2 Å². The lowest BCUT2D eigenvalue weighted by atomic mass is 10.1. The second-order valence-electron chi connectivity index (χ2n) is 2.91. The van der Waals surface area contributed by atoms with Gasteiger partial charge in [0.1, 0.15) is 5.69 Å². The molecule has 0 fully saturated rings. The van der Waals surface area contributed by atoms with E-state index in [9.17, 15) is 0 Å². The Morgan fingerprint density at radius 2 is 2.21 bits per heavy atom. The zero-order chi connectivity index (χ0) is 10.1. The molecule has 3 N–H and O–H groups in total. The molecule has 0 atom stereocenters. The summed E-state index contributed by atoms with van der Waals surface area (Å²) < 4.78 is 0. The smallest absolute Gasteiger partial charge is 0.121 e. The zero-order valence-corrected chi connectivity index (χ0v) is 7.65. The van der Waals surface area contributed by atoms with Gasteiger partial charge in [0.2, 0.25) is 0 Å². The summed E-state index contributed by atoms with van der Waals surface area (Å²) in [4.78, 5) is 0.708. The Balaban J connectivity index is 2.82. The Labute approximate surface area is 80.4 Å². The minimum Gasteiger partial charge on any atom is -0.412 e. The number of benzene rings is 1. The molecule has 5 nitrogen and oxygen atoms in total. The topological polar surface area (TPSA) is 73.9 Å². The summed E-state index contributed by atoms with van der Waals surface area (Å²) in [5.41, 5.74) is 2.19. The fourth-order valence-corrected chi connectivity index (χ4v) is 1.38. The standard InChI is InChI=1S/C9H10N4O/c1-11-8-3-2-7(10)9-6(8)4-5-13(14)12-9/h2-5,10-11,14H,1H3. The monoisotopic (exact) mass is 190 g/mol.